The van der Waals surface area contributed by atoms with Crippen molar-refractivity contribution >= 4 is 10.1 Å². The molecule has 0 aromatic rings. The van der Waals surface area contributed by atoms with Crippen LogP contribution in [0.1, 0.15) is 52.4 Å². The van der Waals surface area contributed by atoms with E-state index in [2.05, 4.69) is 0 Å². The van der Waals surface area contributed by atoms with Gasteiger partial charge in [-0.05, 0) is 12.8 Å². The lowest BCUT2D eigenvalue weighted by atomic mass is 10.1. The standard InChI is InChI=1S/C9H20O3S/c1-3-5-7-9(8-6-4-2)13(10,11)12/h9H,3-8H2,1-2H3,(H,10,11,12). The molecule has 0 radical (unpaired) electrons. The highest BCUT2D eigenvalue weighted by Crippen LogP contribution is 2.15. The molecule has 0 saturated carbocycles. The highest BCUT2D eigenvalue weighted by Gasteiger charge is 2.21. The van der Waals surface area contributed by atoms with Crippen molar-refractivity contribution in [2.45, 2.75) is 57.6 Å². The first kappa shape index (κ1) is 12.9. The van der Waals surface area contributed by atoms with Gasteiger partial charge >= 0.3 is 0 Å². The summed E-state index contributed by atoms with van der Waals surface area (Å²) in [5.41, 5.74) is 0. The number of hydrogen-bond donors (Lipinski definition) is 1. The van der Waals surface area contributed by atoms with E-state index in [0.717, 1.165) is 25.7 Å². The summed E-state index contributed by atoms with van der Waals surface area (Å²) in [4.78, 5) is 0. The summed E-state index contributed by atoms with van der Waals surface area (Å²) in [5, 5.41) is -0.535. The van der Waals surface area contributed by atoms with Crippen molar-refractivity contribution in [1.82, 2.24) is 0 Å². The van der Waals surface area contributed by atoms with E-state index in [1.165, 1.54) is 0 Å². The zero-order chi connectivity index (χ0) is 10.3. The lowest BCUT2D eigenvalue weighted by Crippen LogP contribution is -2.20. The minimum Gasteiger partial charge on any atom is -0.285 e. The van der Waals surface area contributed by atoms with Crippen LogP contribution < -0.4 is 0 Å². The molecule has 0 unspecified atom stereocenters. The molecule has 0 aliphatic rings. The smallest absolute Gasteiger partial charge is 0.267 e. The summed E-state index contributed by atoms with van der Waals surface area (Å²) in [5.74, 6) is 0. The zero-order valence-corrected chi connectivity index (χ0v) is 9.31. The van der Waals surface area contributed by atoms with Crippen molar-refractivity contribution in [3.8, 4) is 0 Å². The Bertz CT molecular complexity index is 201. The minimum atomic E-state index is -3.81. The van der Waals surface area contributed by atoms with Gasteiger partial charge in [0.25, 0.3) is 10.1 Å². The second-order valence-corrected chi connectivity index (χ2v) is 5.12. The molecule has 1 N–H and O–H groups in total. The SMILES string of the molecule is CCCCC(CCCC)S(=O)(=O)O. The Morgan fingerprint density at radius 3 is 1.69 bits per heavy atom. The quantitative estimate of drug-likeness (QED) is 0.654. The molecule has 0 amide bonds. The minimum absolute atomic E-state index is 0.535. The van der Waals surface area contributed by atoms with Crippen molar-refractivity contribution in [2.75, 3.05) is 0 Å². The van der Waals surface area contributed by atoms with Gasteiger partial charge in [0.2, 0.25) is 0 Å². The summed E-state index contributed by atoms with van der Waals surface area (Å²) in [6.07, 6.45) is 4.86. The molecule has 0 rings (SSSR count). The summed E-state index contributed by atoms with van der Waals surface area (Å²) < 4.78 is 30.7. The Kier molecular flexibility index (Phi) is 6.33. The summed E-state index contributed by atoms with van der Waals surface area (Å²) in [6, 6.07) is 0. The van der Waals surface area contributed by atoms with E-state index in [1.54, 1.807) is 0 Å². The second kappa shape index (κ2) is 6.38. The topological polar surface area (TPSA) is 54.4 Å². The first-order valence-electron chi connectivity index (χ1n) is 4.98. The molecule has 4 heteroatoms. The maximum absolute atomic E-state index is 10.9. The third kappa shape index (κ3) is 6.05. The van der Waals surface area contributed by atoms with E-state index in [0.29, 0.717) is 12.8 Å². The van der Waals surface area contributed by atoms with Crippen LogP contribution in [0.2, 0.25) is 0 Å². The molecular weight excluding hydrogens is 188 g/mol. The lowest BCUT2D eigenvalue weighted by molar-refractivity contribution is 0.449. The fraction of sp³-hybridized carbons (Fsp3) is 1.00. The van der Waals surface area contributed by atoms with Crippen LogP contribution in [0.3, 0.4) is 0 Å². The molecule has 0 fully saturated rings. The number of hydrogen-bond acceptors (Lipinski definition) is 2. The maximum atomic E-state index is 10.9. The van der Waals surface area contributed by atoms with Crippen LogP contribution >= 0.6 is 0 Å². The first-order chi connectivity index (χ1) is 6.02. The van der Waals surface area contributed by atoms with Gasteiger partial charge in [-0.2, -0.15) is 8.42 Å². The molecule has 80 valence electrons. The van der Waals surface area contributed by atoms with E-state index in [1.807, 2.05) is 13.8 Å². The van der Waals surface area contributed by atoms with Crippen LogP contribution in [-0.4, -0.2) is 18.2 Å². The number of rotatable bonds is 7. The number of unbranched alkanes of at least 4 members (excludes halogenated alkanes) is 2. The van der Waals surface area contributed by atoms with Crippen LogP contribution in [0.25, 0.3) is 0 Å². The van der Waals surface area contributed by atoms with Gasteiger partial charge in [0.05, 0.1) is 5.25 Å². The Hall–Kier alpha value is -0.0900. The van der Waals surface area contributed by atoms with Gasteiger partial charge in [-0.3, -0.25) is 4.55 Å². The Balaban J connectivity index is 4.04. The molecular formula is C9H20O3S. The molecule has 0 saturated heterocycles. The molecule has 3 nitrogen and oxygen atoms in total. The summed E-state index contributed by atoms with van der Waals surface area (Å²) >= 11 is 0. The predicted octanol–water partition coefficient (Wildman–Crippen LogP) is 2.62. The van der Waals surface area contributed by atoms with Gasteiger partial charge in [0.15, 0.2) is 0 Å². The molecule has 0 aromatic carbocycles. The van der Waals surface area contributed by atoms with Gasteiger partial charge < -0.3 is 0 Å². The molecule has 0 aliphatic carbocycles. The Labute approximate surface area is 81.3 Å². The molecule has 0 aliphatic heterocycles. The van der Waals surface area contributed by atoms with Gasteiger partial charge in [-0.15, -0.1) is 0 Å². The molecule has 13 heavy (non-hydrogen) atoms. The van der Waals surface area contributed by atoms with E-state index in [9.17, 15) is 8.42 Å². The highest BCUT2D eigenvalue weighted by molar-refractivity contribution is 7.86. The monoisotopic (exact) mass is 208 g/mol. The van der Waals surface area contributed by atoms with Crippen molar-refractivity contribution < 1.29 is 13.0 Å². The van der Waals surface area contributed by atoms with Crippen LogP contribution in [0.4, 0.5) is 0 Å². The maximum Gasteiger partial charge on any atom is 0.267 e. The lowest BCUT2D eigenvalue weighted by Gasteiger charge is -2.12. The normalized spacial score (nSPS) is 12.3. The first-order valence-corrected chi connectivity index (χ1v) is 6.49. The highest BCUT2D eigenvalue weighted by atomic mass is 32.2. The molecule has 0 atom stereocenters. The molecule has 0 bridgehead atoms. The zero-order valence-electron chi connectivity index (χ0n) is 8.49. The third-order valence-corrected chi connectivity index (χ3v) is 3.49. The summed E-state index contributed by atoms with van der Waals surface area (Å²) in [7, 11) is -3.81. The Morgan fingerprint density at radius 1 is 1.08 bits per heavy atom. The predicted molar refractivity (Wildman–Crippen MR) is 54.4 cm³/mol. The second-order valence-electron chi connectivity index (χ2n) is 3.42. The average Bonchev–Trinajstić information content (AvgIpc) is 2.02. The molecule has 0 heterocycles. The van der Waals surface area contributed by atoms with E-state index in [-0.39, 0.29) is 0 Å². The van der Waals surface area contributed by atoms with Crippen LogP contribution in [0.5, 0.6) is 0 Å². The largest absolute Gasteiger partial charge is 0.285 e. The molecule has 0 aromatic heterocycles. The fourth-order valence-corrected chi connectivity index (χ4v) is 2.23. The van der Waals surface area contributed by atoms with Crippen molar-refractivity contribution in [3.63, 3.8) is 0 Å². The van der Waals surface area contributed by atoms with Crippen LogP contribution in [-0.2, 0) is 10.1 Å². The van der Waals surface area contributed by atoms with E-state index >= 15 is 0 Å². The van der Waals surface area contributed by atoms with Gasteiger partial charge in [0.1, 0.15) is 0 Å². The van der Waals surface area contributed by atoms with E-state index in [4.69, 9.17) is 4.55 Å². The van der Waals surface area contributed by atoms with Gasteiger partial charge in [-0.1, -0.05) is 39.5 Å². The van der Waals surface area contributed by atoms with Crippen molar-refractivity contribution in [2.24, 2.45) is 0 Å². The van der Waals surface area contributed by atoms with Crippen molar-refractivity contribution in [3.05, 3.63) is 0 Å². The van der Waals surface area contributed by atoms with Crippen LogP contribution in [0.15, 0.2) is 0 Å². The molecule has 0 spiro atoms. The van der Waals surface area contributed by atoms with Crippen molar-refractivity contribution in [1.29, 1.82) is 0 Å². The Morgan fingerprint density at radius 2 is 1.46 bits per heavy atom. The van der Waals surface area contributed by atoms with Crippen LogP contribution in [0, 0.1) is 0 Å². The summed E-state index contributed by atoms with van der Waals surface area (Å²) in [6.45, 7) is 4.03. The average molecular weight is 208 g/mol. The van der Waals surface area contributed by atoms with Gasteiger partial charge in [0, 0.05) is 0 Å². The fourth-order valence-electron chi connectivity index (χ4n) is 1.31. The van der Waals surface area contributed by atoms with Gasteiger partial charge in [-0.25, -0.2) is 0 Å². The third-order valence-electron chi connectivity index (χ3n) is 2.18. The van der Waals surface area contributed by atoms with E-state index < -0.39 is 15.4 Å².